The molecule has 0 aromatic heterocycles. The van der Waals surface area contributed by atoms with Crippen molar-refractivity contribution in [2.45, 2.75) is 26.3 Å². The zero-order valence-corrected chi connectivity index (χ0v) is 17.5. The Kier molecular flexibility index (Phi) is 7.99. The zero-order valence-electron chi connectivity index (χ0n) is 15.9. The molecule has 9 heteroatoms. The van der Waals surface area contributed by atoms with Crippen LogP contribution in [0.1, 0.15) is 29.8 Å². The van der Waals surface area contributed by atoms with Gasteiger partial charge in [-0.1, -0.05) is 49.2 Å². The summed E-state index contributed by atoms with van der Waals surface area (Å²) < 4.78 is 0. The molecule has 2 aromatic carbocycles. The van der Waals surface area contributed by atoms with Crippen LogP contribution in [0, 0.1) is 16.0 Å². The third-order valence-electron chi connectivity index (χ3n) is 4.24. The molecular weight excluding hydrogens is 417 g/mol. The lowest BCUT2D eigenvalue weighted by Gasteiger charge is -2.22. The molecule has 0 spiro atoms. The molecule has 0 radical (unpaired) electrons. The number of halogens is 2. The van der Waals surface area contributed by atoms with Gasteiger partial charge in [0.2, 0.25) is 5.91 Å². The molecule has 0 aliphatic heterocycles. The lowest BCUT2D eigenvalue weighted by atomic mass is 10.0. The van der Waals surface area contributed by atoms with Crippen LogP contribution in [0.3, 0.4) is 0 Å². The van der Waals surface area contributed by atoms with E-state index in [0.717, 1.165) is 11.6 Å². The summed E-state index contributed by atoms with van der Waals surface area (Å²) in [5.74, 6) is -1.11. The average Bonchev–Trinajstić information content (AvgIpc) is 2.65. The number of nitro groups is 1. The molecule has 0 bridgehead atoms. The van der Waals surface area contributed by atoms with Crippen molar-refractivity contribution in [3.63, 3.8) is 0 Å². The first kappa shape index (κ1) is 22.6. The van der Waals surface area contributed by atoms with Gasteiger partial charge in [-0.3, -0.25) is 19.7 Å². The van der Waals surface area contributed by atoms with E-state index in [4.69, 9.17) is 23.2 Å². The first-order chi connectivity index (χ1) is 13.7. The standard InChI is InChI=1S/C20H21Cl2N3O4/c1-12(2)18(20(27)23-9-8-13-4-3-5-15(21)10-13)24-19(26)14-6-7-16(22)17(11-14)25(28)29/h3-7,10-12,18H,8-9H2,1-2H3,(H,23,27)(H,24,26)/t18-/m0/s1. The van der Waals surface area contributed by atoms with Crippen LogP contribution in [0.2, 0.25) is 10.0 Å². The van der Waals surface area contributed by atoms with Gasteiger partial charge in [0.25, 0.3) is 11.6 Å². The monoisotopic (exact) mass is 437 g/mol. The van der Waals surface area contributed by atoms with Gasteiger partial charge in [-0.25, -0.2) is 0 Å². The Morgan fingerprint density at radius 2 is 1.86 bits per heavy atom. The maximum atomic E-state index is 12.6. The molecular formula is C20H21Cl2N3O4. The fourth-order valence-electron chi connectivity index (χ4n) is 2.69. The lowest BCUT2D eigenvalue weighted by Crippen LogP contribution is -2.50. The summed E-state index contributed by atoms with van der Waals surface area (Å²) in [6, 6.07) is 10.3. The van der Waals surface area contributed by atoms with Crippen LogP contribution in [0.15, 0.2) is 42.5 Å². The maximum absolute atomic E-state index is 12.6. The fraction of sp³-hybridized carbons (Fsp3) is 0.300. The Balaban J connectivity index is 2.01. The second-order valence-electron chi connectivity index (χ2n) is 6.79. The highest BCUT2D eigenvalue weighted by atomic mass is 35.5. The molecule has 2 amide bonds. The van der Waals surface area contributed by atoms with E-state index in [1.165, 1.54) is 12.1 Å². The molecule has 154 valence electrons. The number of carbonyl (C=O) groups is 2. The molecule has 0 heterocycles. The van der Waals surface area contributed by atoms with Crippen molar-refractivity contribution in [1.29, 1.82) is 0 Å². The lowest BCUT2D eigenvalue weighted by molar-refractivity contribution is -0.384. The first-order valence-electron chi connectivity index (χ1n) is 8.96. The fourth-order valence-corrected chi connectivity index (χ4v) is 3.09. The number of hydrogen-bond donors (Lipinski definition) is 2. The summed E-state index contributed by atoms with van der Waals surface area (Å²) >= 11 is 11.7. The predicted molar refractivity (Wildman–Crippen MR) is 112 cm³/mol. The van der Waals surface area contributed by atoms with Crippen LogP contribution in [-0.4, -0.2) is 29.3 Å². The van der Waals surface area contributed by atoms with Gasteiger partial charge in [-0.15, -0.1) is 0 Å². The minimum absolute atomic E-state index is 0.0541. The van der Waals surface area contributed by atoms with E-state index < -0.39 is 16.9 Å². The number of benzene rings is 2. The van der Waals surface area contributed by atoms with E-state index in [9.17, 15) is 19.7 Å². The average molecular weight is 438 g/mol. The summed E-state index contributed by atoms with van der Waals surface area (Å²) in [6.45, 7) is 3.97. The molecule has 2 aromatic rings. The van der Waals surface area contributed by atoms with Crippen LogP contribution in [0.5, 0.6) is 0 Å². The van der Waals surface area contributed by atoms with Crippen LogP contribution in [0.4, 0.5) is 5.69 Å². The number of amides is 2. The molecule has 0 saturated heterocycles. The molecule has 0 fully saturated rings. The summed E-state index contributed by atoms with van der Waals surface area (Å²) in [6.07, 6.45) is 0.592. The highest BCUT2D eigenvalue weighted by Gasteiger charge is 2.25. The van der Waals surface area contributed by atoms with Gasteiger partial charge in [-0.05, 0) is 42.2 Å². The van der Waals surface area contributed by atoms with Gasteiger partial charge in [0.1, 0.15) is 11.1 Å². The van der Waals surface area contributed by atoms with E-state index in [1.807, 2.05) is 18.2 Å². The molecule has 29 heavy (non-hydrogen) atoms. The largest absolute Gasteiger partial charge is 0.354 e. The third kappa shape index (κ3) is 6.44. The van der Waals surface area contributed by atoms with E-state index in [-0.39, 0.29) is 28.1 Å². The van der Waals surface area contributed by atoms with Crippen molar-refractivity contribution >= 4 is 40.7 Å². The van der Waals surface area contributed by atoms with E-state index >= 15 is 0 Å². The number of nitrogens with one attached hydrogen (secondary N) is 2. The summed E-state index contributed by atoms with van der Waals surface area (Å²) in [5, 5.41) is 17.0. The Bertz CT molecular complexity index is 918. The second kappa shape index (κ2) is 10.2. The number of rotatable bonds is 8. The first-order valence-corrected chi connectivity index (χ1v) is 9.71. The number of nitrogens with zero attached hydrogens (tertiary/aromatic N) is 1. The van der Waals surface area contributed by atoms with Gasteiger partial charge in [-0.2, -0.15) is 0 Å². The minimum Gasteiger partial charge on any atom is -0.354 e. The van der Waals surface area contributed by atoms with Crippen molar-refractivity contribution in [3.8, 4) is 0 Å². The topological polar surface area (TPSA) is 101 Å². The number of hydrogen-bond acceptors (Lipinski definition) is 4. The van der Waals surface area contributed by atoms with Crippen LogP contribution < -0.4 is 10.6 Å². The number of carbonyl (C=O) groups excluding carboxylic acids is 2. The number of nitro benzene ring substituents is 1. The van der Waals surface area contributed by atoms with Crippen LogP contribution in [0.25, 0.3) is 0 Å². The molecule has 7 nitrogen and oxygen atoms in total. The minimum atomic E-state index is -0.795. The predicted octanol–water partition coefficient (Wildman–Crippen LogP) is 4.01. The molecule has 2 rings (SSSR count). The third-order valence-corrected chi connectivity index (χ3v) is 4.80. The molecule has 0 aliphatic rings. The van der Waals surface area contributed by atoms with Crippen molar-refractivity contribution in [3.05, 3.63) is 73.8 Å². The van der Waals surface area contributed by atoms with Crippen molar-refractivity contribution < 1.29 is 14.5 Å². The van der Waals surface area contributed by atoms with Crippen LogP contribution in [-0.2, 0) is 11.2 Å². The maximum Gasteiger partial charge on any atom is 0.288 e. The molecule has 2 N–H and O–H groups in total. The molecule has 0 aliphatic carbocycles. The van der Waals surface area contributed by atoms with Crippen LogP contribution >= 0.6 is 23.2 Å². The smallest absolute Gasteiger partial charge is 0.288 e. The summed E-state index contributed by atoms with van der Waals surface area (Å²) in [7, 11) is 0. The van der Waals surface area contributed by atoms with Gasteiger partial charge >= 0.3 is 0 Å². The van der Waals surface area contributed by atoms with Gasteiger partial charge < -0.3 is 10.6 Å². The molecule has 0 saturated carbocycles. The van der Waals surface area contributed by atoms with E-state index in [0.29, 0.717) is 18.0 Å². The highest BCUT2D eigenvalue weighted by Crippen LogP contribution is 2.25. The van der Waals surface area contributed by atoms with Crippen molar-refractivity contribution in [2.75, 3.05) is 6.54 Å². The highest BCUT2D eigenvalue weighted by molar-refractivity contribution is 6.32. The second-order valence-corrected chi connectivity index (χ2v) is 7.63. The quantitative estimate of drug-likeness (QED) is 0.480. The SMILES string of the molecule is CC(C)[C@H](NC(=O)c1ccc(Cl)c([N+](=O)[O-])c1)C(=O)NCCc1cccc(Cl)c1. The zero-order chi connectivity index (χ0) is 21.6. The van der Waals surface area contributed by atoms with E-state index in [2.05, 4.69) is 10.6 Å². The Morgan fingerprint density at radius 1 is 1.14 bits per heavy atom. The summed E-state index contributed by atoms with van der Waals surface area (Å²) in [4.78, 5) is 35.4. The molecule has 1 atom stereocenters. The van der Waals surface area contributed by atoms with Gasteiger partial charge in [0.15, 0.2) is 0 Å². The Labute approximate surface area is 178 Å². The van der Waals surface area contributed by atoms with Crippen molar-refractivity contribution in [2.24, 2.45) is 5.92 Å². The molecule has 0 unspecified atom stereocenters. The summed E-state index contributed by atoms with van der Waals surface area (Å²) in [5.41, 5.74) is 0.668. The normalized spacial score (nSPS) is 11.8. The Morgan fingerprint density at radius 3 is 2.48 bits per heavy atom. The van der Waals surface area contributed by atoms with Crippen molar-refractivity contribution in [1.82, 2.24) is 10.6 Å². The van der Waals surface area contributed by atoms with Gasteiger partial charge in [0, 0.05) is 23.2 Å². The Hall–Kier alpha value is -2.64. The van der Waals surface area contributed by atoms with E-state index in [1.54, 1.807) is 19.9 Å². The van der Waals surface area contributed by atoms with Gasteiger partial charge in [0.05, 0.1) is 4.92 Å².